The molecule has 9 nitrogen and oxygen atoms in total. The van der Waals surface area contributed by atoms with Gasteiger partial charge < -0.3 is 20.1 Å². The van der Waals surface area contributed by atoms with Crippen molar-refractivity contribution in [3.8, 4) is 0 Å². The molecule has 0 fully saturated rings. The Morgan fingerprint density at radius 3 is 1.12 bits per heavy atom. The number of hydrogen-bond donors (Lipinski definition) is 2. The SMILES string of the molecule is CC/C=C\C/C=C\C/C=C\C/C=C\CCCCCCCCC(=O)OC(COC(=O)CCCCCCCCCCCCCCCCCCCCCCC/C=C\C/C=C\CCCCCCC)COP(=O)(O)OCCN. The average molecular weight is 1040 g/mol. The number of phosphoric acid groups is 1. The molecule has 0 heterocycles. The lowest BCUT2D eigenvalue weighted by Gasteiger charge is -2.19. The first-order chi connectivity index (χ1) is 35.8. The van der Waals surface area contributed by atoms with Crippen molar-refractivity contribution in [2.24, 2.45) is 5.73 Å². The van der Waals surface area contributed by atoms with Gasteiger partial charge in [0.1, 0.15) is 6.61 Å². The largest absolute Gasteiger partial charge is 0.472 e. The lowest BCUT2D eigenvalue weighted by Crippen LogP contribution is -2.29. The van der Waals surface area contributed by atoms with Crippen LogP contribution < -0.4 is 5.73 Å². The second kappa shape index (κ2) is 58.7. The zero-order valence-corrected chi connectivity index (χ0v) is 48.3. The Morgan fingerprint density at radius 1 is 0.425 bits per heavy atom. The second-order valence-electron chi connectivity index (χ2n) is 20.2. The molecule has 0 aromatic rings. The van der Waals surface area contributed by atoms with E-state index in [9.17, 15) is 19.0 Å². The first-order valence-corrected chi connectivity index (χ1v) is 31.9. The Kier molecular flexibility index (Phi) is 56.7. The number of phosphoric ester groups is 1. The monoisotopic (exact) mass is 1040 g/mol. The van der Waals surface area contributed by atoms with Gasteiger partial charge in [0.15, 0.2) is 6.10 Å². The van der Waals surface area contributed by atoms with E-state index in [2.05, 4.69) is 86.8 Å². The molecule has 2 unspecified atom stereocenters. The number of hydrogen-bond acceptors (Lipinski definition) is 8. The number of allylic oxidation sites excluding steroid dienone is 12. The van der Waals surface area contributed by atoms with Crippen LogP contribution in [0.1, 0.15) is 284 Å². The number of nitrogens with two attached hydrogens (primary N) is 1. The van der Waals surface area contributed by atoms with Gasteiger partial charge in [-0.25, -0.2) is 4.57 Å². The maximum absolute atomic E-state index is 12.7. The minimum atomic E-state index is -4.39. The summed E-state index contributed by atoms with van der Waals surface area (Å²) in [5, 5.41) is 0. The van der Waals surface area contributed by atoms with Gasteiger partial charge in [-0.15, -0.1) is 0 Å². The van der Waals surface area contributed by atoms with Gasteiger partial charge in [-0.1, -0.05) is 260 Å². The summed E-state index contributed by atoms with van der Waals surface area (Å²) in [6.07, 6.45) is 75.5. The Balaban J connectivity index is 3.88. The summed E-state index contributed by atoms with van der Waals surface area (Å²) in [6, 6.07) is 0. The highest BCUT2D eigenvalue weighted by atomic mass is 31.2. The second-order valence-corrected chi connectivity index (χ2v) is 21.6. The fraction of sp³-hybridized carbons (Fsp3) is 0.778. The predicted molar refractivity (Wildman–Crippen MR) is 312 cm³/mol. The molecule has 0 aliphatic heterocycles. The van der Waals surface area contributed by atoms with Gasteiger partial charge >= 0.3 is 19.8 Å². The van der Waals surface area contributed by atoms with E-state index in [0.717, 1.165) is 89.9 Å². The topological polar surface area (TPSA) is 134 Å². The molecule has 2 atom stereocenters. The van der Waals surface area contributed by atoms with Gasteiger partial charge in [-0.3, -0.25) is 18.6 Å². The summed E-state index contributed by atoms with van der Waals surface area (Å²) in [5.74, 6) is -0.837. The van der Waals surface area contributed by atoms with Crippen LogP contribution in [0.5, 0.6) is 0 Å². The van der Waals surface area contributed by atoms with Crippen molar-refractivity contribution in [2.45, 2.75) is 290 Å². The third kappa shape index (κ3) is 58.6. The van der Waals surface area contributed by atoms with Gasteiger partial charge in [0.25, 0.3) is 0 Å². The van der Waals surface area contributed by atoms with Crippen LogP contribution in [-0.2, 0) is 32.7 Å². The van der Waals surface area contributed by atoms with Gasteiger partial charge in [0.05, 0.1) is 13.2 Å². The van der Waals surface area contributed by atoms with Crippen molar-refractivity contribution in [3.05, 3.63) is 72.9 Å². The Morgan fingerprint density at radius 2 is 0.753 bits per heavy atom. The molecule has 3 N–H and O–H groups in total. The summed E-state index contributed by atoms with van der Waals surface area (Å²) in [4.78, 5) is 35.2. The summed E-state index contributed by atoms with van der Waals surface area (Å²) in [7, 11) is -4.39. The molecular weight excluding hydrogens is 930 g/mol. The van der Waals surface area contributed by atoms with E-state index >= 15 is 0 Å². The van der Waals surface area contributed by atoms with Crippen molar-refractivity contribution in [1.82, 2.24) is 0 Å². The number of carbonyl (C=O) groups is 2. The molecule has 0 amide bonds. The Labute approximate surface area is 450 Å². The molecule has 10 heteroatoms. The van der Waals surface area contributed by atoms with Gasteiger partial charge in [0.2, 0.25) is 0 Å². The van der Waals surface area contributed by atoms with Crippen molar-refractivity contribution in [1.29, 1.82) is 0 Å². The number of esters is 2. The lowest BCUT2D eigenvalue weighted by atomic mass is 10.0. The third-order valence-electron chi connectivity index (χ3n) is 13.1. The normalized spacial score (nSPS) is 13.5. The Bertz CT molecular complexity index is 1420. The highest BCUT2D eigenvalue weighted by Crippen LogP contribution is 2.43. The standard InChI is InChI=1S/C63H114NO8P/c1-3-5-7-9-11-13-15-17-19-21-23-24-25-26-27-28-29-30-31-32-33-34-35-36-38-39-41-43-45-47-49-51-53-55-62(65)69-59-61(60-71-73(67,68)70-58-57-64)72-63(66)56-54-52-50-48-46-44-42-40-37-22-20-18-16-14-12-10-8-6-4-2/h6,8,12,14-15,17-18,20-21,23,37,40,61H,3-5,7,9-11,13,16,19,22,24-36,38-39,41-60,64H2,1-2H3,(H,67,68)/b8-6-,14-12-,17-15-,20-18-,23-21-,40-37-. The van der Waals surface area contributed by atoms with E-state index in [1.54, 1.807) is 0 Å². The summed E-state index contributed by atoms with van der Waals surface area (Å²) in [5.41, 5.74) is 5.38. The predicted octanol–water partition coefficient (Wildman–Crippen LogP) is 19.3. The van der Waals surface area contributed by atoms with Gasteiger partial charge in [-0.05, 0) is 83.5 Å². The smallest absolute Gasteiger partial charge is 0.462 e. The fourth-order valence-corrected chi connectivity index (χ4v) is 9.37. The first-order valence-electron chi connectivity index (χ1n) is 30.4. The minimum absolute atomic E-state index is 0.0490. The zero-order chi connectivity index (χ0) is 53.1. The van der Waals surface area contributed by atoms with Crippen molar-refractivity contribution in [3.63, 3.8) is 0 Å². The molecule has 0 spiro atoms. The van der Waals surface area contributed by atoms with Crippen LogP contribution in [0, 0.1) is 0 Å². The number of unbranched alkanes of at least 4 members (excludes halogenated alkanes) is 32. The van der Waals surface area contributed by atoms with Crippen LogP contribution in [0.2, 0.25) is 0 Å². The van der Waals surface area contributed by atoms with E-state index in [4.69, 9.17) is 24.3 Å². The number of carbonyl (C=O) groups excluding carboxylic acids is 2. The molecule has 73 heavy (non-hydrogen) atoms. The molecule has 0 radical (unpaired) electrons. The van der Waals surface area contributed by atoms with Gasteiger partial charge in [-0.2, -0.15) is 0 Å². The fourth-order valence-electron chi connectivity index (χ4n) is 8.60. The molecule has 0 rings (SSSR count). The third-order valence-corrected chi connectivity index (χ3v) is 14.1. The van der Waals surface area contributed by atoms with Crippen LogP contribution in [-0.4, -0.2) is 49.3 Å². The summed E-state index contributed by atoms with van der Waals surface area (Å²) >= 11 is 0. The first kappa shape index (κ1) is 70.5. The minimum Gasteiger partial charge on any atom is -0.462 e. The molecule has 0 aliphatic carbocycles. The van der Waals surface area contributed by atoms with Crippen LogP contribution in [0.4, 0.5) is 0 Å². The summed E-state index contributed by atoms with van der Waals surface area (Å²) < 4.78 is 33.0. The zero-order valence-electron chi connectivity index (χ0n) is 47.4. The van der Waals surface area contributed by atoms with E-state index in [0.29, 0.717) is 6.42 Å². The molecule has 0 aromatic heterocycles. The van der Waals surface area contributed by atoms with Crippen LogP contribution in [0.25, 0.3) is 0 Å². The van der Waals surface area contributed by atoms with Crippen molar-refractivity contribution in [2.75, 3.05) is 26.4 Å². The summed E-state index contributed by atoms with van der Waals surface area (Å²) in [6.45, 7) is 3.63. The van der Waals surface area contributed by atoms with Crippen molar-refractivity contribution >= 4 is 19.8 Å². The maximum Gasteiger partial charge on any atom is 0.472 e. The highest BCUT2D eigenvalue weighted by Gasteiger charge is 2.26. The lowest BCUT2D eigenvalue weighted by molar-refractivity contribution is -0.161. The molecule has 0 saturated carbocycles. The van der Waals surface area contributed by atoms with Crippen LogP contribution in [0.15, 0.2) is 72.9 Å². The van der Waals surface area contributed by atoms with E-state index < -0.39 is 26.5 Å². The Hall–Kier alpha value is -2.55. The van der Waals surface area contributed by atoms with Crippen LogP contribution >= 0.6 is 7.82 Å². The van der Waals surface area contributed by atoms with Crippen LogP contribution in [0.3, 0.4) is 0 Å². The van der Waals surface area contributed by atoms with E-state index in [1.807, 2.05) is 0 Å². The number of rotatable bonds is 57. The quantitative estimate of drug-likeness (QED) is 0.0264. The molecule has 424 valence electrons. The van der Waals surface area contributed by atoms with E-state index in [-0.39, 0.29) is 38.6 Å². The highest BCUT2D eigenvalue weighted by molar-refractivity contribution is 7.47. The van der Waals surface area contributed by atoms with Crippen molar-refractivity contribution < 1.29 is 37.6 Å². The number of ether oxygens (including phenoxy) is 2. The molecule has 0 bridgehead atoms. The van der Waals surface area contributed by atoms with Gasteiger partial charge in [0, 0.05) is 19.4 Å². The molecular formula is C63H114NO8P. The molecule has 0 aliphatic rings. The molecule has 0 saturated heterocycles. The molecule has 0 aromatic carbocycles. The maximum atomic E-state index is 12.7. The average Bonchev–Trinajstić information content (AvgIpc) is 3.38. The van der Waals surface area contributed by atoms with E-state index in [1.165, 1.54) is 161 Å².